The van der Waals surface area contributed by atoms with Crippen molar-refractivity contribution in [3.05, 3.63) is 12.2 Å². The highest BCUT2D eigenvalue weighted by Gasteiger charge is 2.26. The number of carboxylic acid groups (broad SMARTS) is 3. The summed E-state index contributed by atoms with van der Waals surface area (Å²) in [6, 6.07) is 0. The van der Waals surface area contributed by atoms with E-state index in [-0.39, 0.29) is 19.3 Å². The van der Waals surface area contributed by atoms with Crippen LogP contribution in [-0.2, 0) is 14.4 Å². The molecule has 0 amide bonds. The minimum absolute atomic E-state index is 0.0408. The highest BCUT2D eigenvalue weighted by molar-refractivity contribution is 5.66. The number of nitrogens with zero attached hydrogens (tertiary/aromatic N) is 1. The van der Waals surface area contributed by atoms with Gasteiger partial charge in [-0.3, -0.25) is 9.59 Å². The predicted molar refractivity (Wildman–Crippen MR) is 166 cm³/mol. The maximum absolute atomic E-state index is 11.1. The molecule has 0 aromatic carbocycles. The Morgan fingerprint density at radius 2 is 0.902 bits per heavy atom. The lowest BCUT2D eigenvalue weighted by Gasteiger charge is -2.38. The Hall–Kier alpha value is -1.89. The van der Waals surface area contributed by atoms with Crippen molar-refractivity contribution >= 4 is 17.9 Å². The summed E-state index contributed by atoms with van der Waals surface area (Å²) in [4.78, 5) is 33.1. The summed E-state index contributed by atoms with van der Waals surface area (Å²) in [5.41, 5.74) is 0. The van der Waals surface area contributed by atoms with Gasteiger partial charge in [-0.2, -0.15) is 0 Å². The molecule has 7 nitrogen and oxygen atoms in total. The predicted octanol–water partition coefficient (Wildman–Crippen LogP) is 7.66. The quantitative estimate of drug-likeness (QED) is 0.0479. The molecule has 0 aromatic rings. The van der Waals surface area contributed by atoms with Crippen molar-refractivity contribution in [3.63, 3.8) is 0 Å². The first-order chi connectivity index (χ1) is 19.8. The molecule has 0 heterocycles. The smallest absolute Gasteiger partial charge is 0.303 e. The summed E-state index contributed by atoms with van der Waals surface area (Å²) in [5, 5.41) is 29.1. The molecule has 0 aliphatic heterocycles. The van der Waals surface area contributed by atoms with E-state index in [1.165, 1.54) is 103 Å². The summed E-state index contributed by atoms with van der Waals surface area (Å²) in [6.07, 6.45) is 29.9. The van der Waals surface area contributed by atoms with Crippen molar-refractivity contribution in [3.8, 4) is 0 Å². The van der Waals surface area contributed by atoms with Crippen LogP contribution in [0.2, 0.25) is 0 Å². The molecule has 0 aromatic heterocycles. The molecule has 0 fully saturated rings. The summed E-state index contributed by atoms with van der Waals surface area (Å²) < 4.78 is 0.531. The van der Waals surface area contributed by atoms with Gasteiger partial charge in [-0.05, 0) is 25.3 Å². The number of rotatable bonds is 32. The van der Waals surface area contributed by atoms with E-state index in [1.54, 1.807) is 0 Å². The van der Waals surface area contributed by atoms with Crippen LogP contribution in [0.25, 0.3) is 0 Å². The fraction of sp³-hybridized carbons (Fsp3) is 0.853. The third-order valence-corrected chi connectivity index (χ3v) is 8.19. The van der Waals surface area contributed by atoms with Gasteiger partial charge < -0.3 is 24.6 Å². The number of hydrogen-bond acceptors (Lipinski definition) is 4. The van der Waals surface area contributed by atoms with Crippen molar-refractivity contribution in [1.82, 2.24) is 0 Å². The van der Waals surface area contributed by atoms with Crippen LogP contribution in [0.3, 0.4) is 0 Å². The Morgan fingerprint density at radius 1 is 0.537 bits per heavy atom. The monoisotopic (exact) mass is 581 g/mol. The first-order valence-electron chi connectivity index (χ1n) is 16.9. The number of carbonyl (C=O) groups excluding carboxylic acids is 1. The summed E-state index contributed by atoms with van der Waals surface area (Å²) in [5.74, 6) is -2.79. The van der Waals surface area contributed by atoms with Crippen molar-refractivity contribution in [1.29, 1.82) is 0 Å². The van der Waals surface area contributed by atoms with Gasteiger partial charge in [0, 0.05) is 25.2 Å². The molecule has 240 valence electrons. The van der Waals surface area contributed by atoms with Crippen LogP contribution in [0.5, 0.6) is 0 Å². The van der Waals surface area contributed by atoms with E-state index in [2.05, 4.69) is 19.1 Å². The van der Waals surface area contributed by atoms with E-state index in [0.29, 0.717) is 49.9 Å². The number of carboxylic acids is 3. The zero-order valence-electron chi connectivity index (χ0n) is 26.4. The summed E-state index contributed by atoms with van der Waals surface area (Å²) in [6.45, 7) is 4.72. The van der Waals surface area contributed by atoms with Gasteiger partial charge >= 0.3 is 11.9 Å². The Balaban J connectivity index is 4.14. The minimum atomic E-state index is -1.09. The van der Waals surface area contributed by atoms with Crippen LogP contribution in [0.4, 0.5) is 0 Å². The second-order valence-corrected chi connectivity index (χ2v) is 12.1. The molecular formula is C34H63NO6. The first-order valence-corrected chi connectivity index (χ1v) is 16.9. The molecule has 0 aliphatic carbocycles. The summed E-state index contributed by atoms with van der Waals surface area (Å²) in [7, 11) is 0. The molecule has 0 radical (unpaired) electrons. The van der Waals surface area contributed by atoms with Crippen LogP contribution in [-0.4, -0.2) is 58.8 Å². The van der Waals surface area contributed by atoms with Gasteiger partial charge in [0.05, 0.1) is 39.0 Å². The number of carbonyl (C=O) groups is 3. The number of aliphatic carboxylic acids is 3. The van der Waals surface area contributed by atoms with Crippen LogP contribution in [0.15, 0.2) is 12.2 Å². The van der Waals surface area contributed by atoms with E-state index in [0.717, 1.165) is 12.8 Å². The number of unbranched alkanes of at least 4 members (excludes halogenated alkanes) is 17. The Kier molecular flexibility index (Phi) is 26.9. The lowest BCUT2D eigenvalue weighted by atomic mass is 10.0. The molecule has 7 heteroatoms. The van der Waals surface area contributed by atoms with Gasteiger partial charge in [-0.1, -0.05) is 116 Å². The van der Waals surface area contributed by atoms with Crippen molar-refractivity contribution in [2.45, 2.75) is 161 Å². The fourth-order valence-corrected chi connectivity index (χ4v) is 5.70. The van der Waals surface area contributed by atoms with E-state index in [1.807, 2.05) is 0 Å². The number of allylic oxidation sites excluding steroid dienone is 1. The van der Waals surface area contributed by atoms with Gasteiger partial charge in [0.25, 0.3) is 0 Å². The Labute approximate surface area is 251 Å². The number of hydrogen-bond donors (Lipinski definition) is 2. The standard InChI is InChI=1S/C34H63NO6/c1-2-3-4-5-6-7-8-9-10-11-12-13-14-15-16-17-18-19-20-21-28-35(29-22-25-32(36)37,30-23-26-33(38)39)31-24-27-34(40)41/h20-21H,2-19,22-31H2,1H3,(H2-,36,37,38,39,40,41)/b21-20+. The van der Waals surface area contributed by atoms with Gasteiger partial charge in [0.2, 0.25) is 0 Å². The van der Waals surface area contributed by atoms with E-state index >= 15 is 0 Å². The maximum atomic E-state index is 11.1. The molecule has 2 N–H and O–H groups in total. The molecule has 0 spiro atoms. The fourth-order valence-electron chi connectivity index (χ4n) is 5.70. The van der Waals surface area contributed by atoms with E-state index in [4.69, 9.17) is 10.2 Å². The average molecular weight is 582 g/mol. The zero-order chi connectivity index (χ0) is 30.4. The second-order valence-electron chi connectivity index (χ2n) is 12.1. The SMILES string of the molecule is CCCCCCCCCCCCCCCCCCC/C=C/C[N+](CCCC(=O)[O-])(CCCC(=O)O)CCCC(=O)O. The van der Waals surface area contributed by atoms with Crippen molar-refractivity contribution in [2.75, 3.05) is 26.2 Å². The zero-order valence-corrected chi connectivity index (χ0v) is 26.4. The van der Waals surface area contributed by atoms with Crippen molar-refractivity contribution in [2.24, 2.45) is 0 Å². The van der Waals surface area contributed by atoms with Crippen LogP contribution < -0.4 is 5.11 Å². The van der Waals surface area contributed by atoms with Gasteiger partial charge in [0.15, 0.2) is 0 Å². The molecular weight excluding hydrogens is 518 g/mol. The average Bonchev–Trinajstić information content (AvgIpc) is 2.91. The highest BCUT2D eigenvalue weighted by atomic mass is 16.4. The lowest BCUT2D eigenvalue weighted by molar-refractivity contribution is -0.923. The molecule has 0 unspecified atom stereocenters. The van der Waals surface area contributed by atoms with Gasteiger partial charge in [-0.15, -0.1) is 0 Å². The normalized spacial score (nSPS) is 11.8. The largest absolute Gasteiger partial charge is 0.550 e. The van der Waals surface area contributed by atoms with Crippen LogP contribution in [0.1, 0.15) is 161 Å². The van der Waals surface area contributed by atoms with E-state index in [9.17, 15) is 19.5 Å². The summed E-state index contributed by atoms with van der Waals surface area (Å²) >= 11 is 0. The van der Waals surface area contributed by atoms with Gasteiger partial charge in [0.1, 0.15) is 0 Å². The molecule has 41 heavy (non-hydrogen) atoms. The topological polar surface area (TPSA) is 115 Å². The van der Waals surface area contributed by atoms with E-state index < -0.39 is 17.9 Å². The molecule has 0 aliphatic rings. The second kappa shape index (κ2) is 28.2. The maximum Gasteiger partial charge on any atom is 0.303 e. The third-order valence-electron chi connectivity index (χ3n) is 8.19. The molecule has 0 rings (SSSR count). The Morgan fingerprint density at radius 3 is 1.27 bits per heavy atom. The minimum Gasteiger partial charge on any atom is -0.550 e. The molecule has 0 saturated heterocycles. The third kappa shape index (κ3) is 28.0. The lowest BCUT2D eigenvalue weighted by Crippen LogP contribution is -2.50. The van der Waals surface area contributed by atoms with Crippen molar-refractivity contribution < 1.29 is 34.2 Å². The molecule has 0 saturated carbocycles. The first kappa shape index (κ1) is 39.1. The van der Waals surface area contributed by atoms with Gasteiger partial charge in [-0.25, -0.2) is 0 Å². The van der Waals surface area contributed by atoms with Crippen LogP contribution in [0, 0.1) is 0 Å². The Bertz CT molecular complexity index is 628. The molecule has 0 bridgehead atoms. The molecule has 0 atom stereocenters. The highest BCUT2D eigenvalue weighted by Crippen LogP contribution is 2.17. The number of quaternary nitrogens is 1. The van der Waals surface area contributed by atoms with Crippen LogP contribution >= 0.6 is 0 Å².